The van der Waals surface area contributed by atoms with Crippen LogP contribution >= 0.6 is 22.9 Å². The van der Waals surface area contributed by atoms with Crippen molar-refractivity contribution in [2.24, 2.45) is 5.41 Å². The number of nitrogens with one attached hydrogen (secondary N) is 1. The SMILES string of the molecule is COCCN(CC(=O)Nc1nccs1)C(=O)C(C)(C)CCl. The Morgan fingerprint density at radius 2 is 2.24 bits per heavy atom. The first kappa shape index (κ1) is 17.9. The van der Waals surface area contributed by atoms with Crippen LogP contribution in [0.4, 0.5) is 5.13 Å². The Morgan fingerprint density at radius 3 is 2.76 bits per heavy atom. The third kappa shape index (κ3) is 5.61. The number of carbonyl (C=O) groups excluding carboxylic acids is 2. The Labute approximate surface area is 133 Å². The summed E-state index contributed by atoms with van der Waals surface area (Å²) in [7, 11) is 1.55. The van der Waals surface area contributed by atoms with Crippen LogP contribution in [0.3, 0.4) is 0 Å². The maximum absolute atomic E-state index is 12.4. The lowest BCUT2D eigenvalue weighted by atomic mass is 9.94. The molecule has 1 rings (SSSR count). The predicted molar refractivity (Wildman–Crippen MR) is 83.7 cm³/mol. The van der Waals surface area contributed by atoms with E-state index in [4.69, 9.17) is 16.3 Å². The first-order chi connectivity index (χ1) is 9.90. The van der Waals surface area contributed by atoms with Crippen molar-refractivity contribution >= 4 is 39.9 Å². The molecule has 0 aliphatic rings. The van der Waals surface area contributed by atoms with Gasteiger partial charge in [-0.25, -0.2) is 4.98 Å². The van der Waals surface area contributed by atoms with Crippen molar-refractivity contribution < 1.29 is 14.3 Å². The van der Waals surface area contributed by atoms with E-state index in [1.807, 2.05) is 0 Å². The zero-order chi connectivity index (χ0) is 15.9. The summed E-state index contributed by atoms with van der Waals surface area (Å²) in [5.41, 5.74) is -0.725. The molecule has 0 aromatic carbocycles. The lowest BCUT2D eigenvalue weighted by Crippen LogP contribution is -2.46. The lowest BCUT2D eigenvalue weighted by molar-refractivity contribution is -0.142. The van der Waals surface area contributed by atoms with Crippen LogP contribution in [-0.4, -0.2) is 54.4 Å². The molecule has 0 aliphatic heterocycles. The van der Waals surface area contributed by atoms with Crippen molar-refractivity contribution in [2.75, 3.05) is 38.0 Å². The molecular weight excluding hydrogens is 314 g/mol. The summed E-state index contributed by atoms with van der Waals surface area (Å²) in [5, 5.41) is 4.93. The second-order valence-corrected chi connectivity index (χ2v) is 6.28. The average molecular weight is 334 g/mol. The number of rotatable bonds is 8. The van der Waals surface area contributed by atoms with Gasteiger partial charge in [-0.1, -0.05) is 0 Å². The monoisotopic (exact) mass is 333 g/mol. The van der Waals surface area contributed by atoms with E-state index in [1.165, 1.54) is 16.2 Å². The van der Waals surface area contributed by atoms with Gasteiger partial charge < -0.3 is 15.0 Å². The summed E-state index contributed by atoms with van der Waals surface area (Å²) in [6.07, 6.45) is 1.60. The highest BCUT2D eigenvalue weighted by atomic mass is 35.5. The summed E-state index contributed by atoms with van der Waals surface area (Å²) in [5.74, 6) is -0.285. The number of aromatic nitrogens is 1. The van der Waals surface area contributed by atoms with Crippen molar-refractivity contribution in [3.8, 4) is 0 Å². The molecule has 2 amide bonds. The number of hydrogen-bond donors (Lipinski definition) is 1. The maximum Gasteiger partial charge on any atom is 0.245 e. The zero-order valence-corrected chi connectivity index (χ0v) is 14.0. The highest BCUT2D eigenvalue weighted by Gasteiger charge is 2.32. The molecular formula is C13H20ClN3O3S. The van der Waals surface area contributed by atoms with E-state index in [9.17, 15) is 9.59 Å². The summed E-state index contributed by atoms with van der Waals surface area (Å²) < 4.78 is 4.99. The molecule has 1 aromatic rings. The Kier molecular flexibility index (Phi) is 7.07. The van der Waals surface area contributed by atoms with Gasteiger partial charge in [-0.15, -0.1) is 22.9 Å². The molecule has 0 spiro atoms. The Balaban J connectivity index is 2.68. The third-order valence-electron chi connectivity index (χ3n) is 2.78. The molecule has 21 heavy (non-hydrogen) atoms. The van der Waals surface area contributed by atoms with Crippen LogP contribution < -0.4 is 5.32 Å². The predicted octanol–water partition coefficient (Wildman–Crippen LogP) is 1.82. The van der Waals surface area contributed by atoms with Crippen molar-refractivity contribution in [1.29, 1.82) is 0 Å². The van der Waals surface area contributed by atoms with Gasteiger partial charge in [-0.05, 0) is 13.8 Å². The van der Waals surface area contributed by atoms with Crippen LogP contribution in [-0.2, 0) is 14.3 Å². The van der Waals surface area contributed by atoms with Gasteiger partial charge in [0.15, 0.2) is 5.13 Å². The van der Waals surface area contributed by atoms with Gasteiger partial charge in [-0.2, -0.15) is 0 Å². The molecule has 6 nitrogen and oxygen atoms in total. The van der Waals surface area contributed by atoms with E-state index in [0.29, 0.717) is 18.3 Å². The molecule has 0 unspecified atom stereocenters. The summed E-state index contributed by atoms with van der Waals surface area (Å²) in [6, 6.07) is 0. The molecule has 118 valence electrons. The Hall–Kier alpha value is -1.18. The number of amides is 2. The standard InChI is InChI=1S/C13H20ClN3O3S/c1-13(2,9-14)11(19)17(5-6-20-3)8-10(18)16-12-15-4-7-21-12/h4,7H,5-6,8-9H2,1-3H3,(H,15,16,18). The zero-order valence-electron chi connectivity index (χ0n) is 12.4. The maximum atomic E-state index is 12.4. The van der Waals surface area contributed by atoms with Crippen LogP contribution in [0.5, 0.6) is 0 Å². The summed E-state index contributed by atoms with van der Waals surface area (Å²) >= 11 is 7.15. The largest absolute Gasteiger partial charge is 0.383 e. The number of hydrogen-bond acceptors (Lipinski definition) is 5. The van der Waals surface area contributed by atoms with E-state index in [0.717, 1.165) is 0 Å². The van der Waals surface area contributed by atoms with Crippen LogP contribution in [0.2, 0.25) is 0 Å². The fourth-order valence-corrected chi connectivity index (χ4v) is 2.22. The van der Waals surface area contributed by atoms with Crippen molar-refractivity contribution in [3.63, 3.8) is 0 Å². The average Bonchev–Trinajstić information content (AvgIpc) is 2.95. The highest BCUT2D eigenvalue weighted by Crippen LogP contribution is 2.20. The molecule has 8 heteroatoms. The summed E-state index contributed by atoms with van der Waals surface area (Å²) in [4.78, 5) is 29.9. The molecule has 0 radical (unpaired) electrons. The lowest BCUT2D eigenvalue weighted by Gasteiger charge is -2.30. The number of methoxy groups -OCH3 is 1. The molecule has 0 atom stereocenters. The van der Waals surface area contributed by atoms with E-state index in [-0.39, 0.29) is 24.2 Å². The summed E-state index contributed by atoms with van der Waals surface area (Å²) in [6.45, 7) is 4.14. The number of halogens is 1. The Bertz CT molecular complexity index is 465. The topological polar surface area (TPSA) is 71.5 Å². The second kappa shape index (κ2) is 8.31. The number of anilines is 1. The number of thiazole rings is 1. The fraction of sp³-hybridized carbons (Fsp3) is 0.615. The van der Waals surface area contributed by atoms with Crippen LogP contribution in [0.25, 0.3) is 0 Å². The number of alkyl halides is 1. The number of carbonyl (C=O) groups is 2. The van der Waals surface area contributed by atoms with Gasteiger partial charge >= 0.3 is 0 Å². The number of ether oxygens (including phenoxy) is 1. The van der Waals surface area contributed by atoms with Crippen LogP contribution in [0.1, 0.15) is 13.8 Å². The van der Waals surface area contributed by atoms with Gasteiger partial charge in [0.2, 0.25) is 11.8 Å². The van der Waals surface area contributed by atoms with Gasteiger partial charge in [0, 0.05) is 31.1 Å². The van der Waals surface area contributed by atoms with E-state index < -0.39 is 5.41 Å². The van der Waals surface area contributed by atoms with Gasteiger partial charge in [0.25, 0.3) is 0 Å². The third-order valence-corrected chi connectivity index (χ3v) is 4.14. The van der Waals surface area contributed by atoms with E-state index in [1.54, 1.807) is 32.5 Å². The van der Waals surface area contributed by atoms with Gasteiger partial charge in [-0.3, -0.25) is 9.59 Å². The first-order valence-electron chi connectivity index (χ1n) is 6.44. The van der Waals surface area contributed by atoms with Crippen molar-refractivity contribution in [2.45, 2.75) is 13.8 Å². The van der Waals surface area contributed by atoms with Crippen molar-refractivity contribution in [3.05, 3.63) is 11.6 Å². The minimum Gasteiger partial charge on any atom is -0.383 e. The normalized spacial score (nSPS) is 11.2. The molecule has 1 aromatic heterocycles. The Morgan fingerprint density at radius 1 is 1.52 bits per heavy atom. The molecule has 0 fully saturated rings. The van der Waals surface area contributed by atoms with Gasteiger partial charge in [0.05, 0.1) is 12.0 Å². The minimum atomic E-state index is -0.725. The van der Waals surface area contributed by atoms with Crippen LogP contribution in [0, 0.1) is 5.41 Å². The van der Waals surface area contributed by atoms with E-state index in [2.05, 4.69) is 10.3 Å². The van der Waals surface area contributed by atoms with Crippen LogP contribution in [0.15, 0.2) is 11.6 Å². The second-order valence-electron chi connectivity index (χ2n) is 5.12. The van der Waals surface area contributed by atoms with Gasteiger partial charge in [0.1, 0.15) is 6.54 Å². The quantitative estimate of drug-likeness (QED) is 0.737. The minimum absolute atomic E-state index is 0.0535. The smallest absolute Gasteiger partial charge is 0.245 e. The number of nitrogens with zero attached hydrogens (tertiary/aromatic N) is 2. The molecule has 0 saturated heterocycles. The molecule has 1 heterocycles. The highest BCUT2D eigenvalue weighted by molar-refractivity contribution is 7.13. The molecule has 1 N–H and O–H groups in total. The fourth-order valence-electron chi connectivity index (χ4n) is 1.56. The van der Waals surface area contributed by atoms with E-state index >= 15 is 0 Å². The van der Waals surface area contributed by atoms with Crippen molar-refractivity contribution in [1.82, 2.24) is 9.88 Å². The molecule has 0 saturated carbocycles. The molecule has 0 bridgehead atoms. The first-order valence-corrected chi connectivity index (χ1v) is 7.85. The molecule has 0 aliphatic carbocycles.